The maximum atomic E-state index is 2.96. The Morgan fingerprint density at radius 3 is 1.86 bits per heavy atom. The molecular formula is C31H44N4. The zero-order valence-corrected chi connectivity index (χ0v) is 21.7. The first kappa shape index (κ1) is 23.7. The van der Waals surface area contributed by atoms with E-state index >= 15 is 0 Å². The Morgan fingerprint density at radius 1 is 0.714 bits per heavy atom. The number of hydrogen-bond donors (Lipinski definition) is 0. The van der Waals surface area contributed by atoms with E-state index in [1.165, 1.54) is 91.0 Å². The van der Waals surface area contributed by atoms with Crippen molar-refractivity contribution in [2.24, 2.45) is 0 Å². The molecule has 4 aliphatic heterocycles. The van der Waals surface area contributed by atoms with Crippen LogP contribution in [0.25, 0.3) is 0 Å². The highest BCUT2D eigenvalue weighted by Gasteiger charge is 2.57. The summed E-state index contributed by atoms with van der Waals surface area (Å²) in [5.74, 6) is 1.21. The van der Waals surface area contributed by atoms with Crippen LogP contribution in [0, 0.1) is 0 Å². The molecule has 188 valence electrons. The van der Waals surface area contributed by atoms with E-state index in [0.717, 1.165) is 0 Å². The molecule has 7 rings (SSSR count). The van der Waals surface area contributed by atoms with Crippen LogP contribution >= 0.6 is 0 Å². The molecule has 1 aliphatic carbocycles. The Kier molecular flexibility index (Phi) is 6.99. The number of likely N-dealkylation sites (N-methyl/N-ethyl adjacent to an activating group) is 1. The Bertz CT molecular complexity index is 883. The molecule has 2 bridgehead atoms. The maximum absolute atomic E-state index is 2.96. The second-order valence-corrected chi connectivity index (χ2v) is 11.8. The Hall–Kier alpha value is -1.72. The van der Waals surface area contributed by atoms with Crippen molar-refractivity contribution in [2.75, 3.05) is 66.0 Å². The van der Waals surface area contributed by atoms with Crippen LogP contribution in [0.1, 0.15) is 55.1 Å². The van der Waals surface area contributed by atoms with Crippen molar-refractivity contribution in [1.29, 1.82) is 0 Å². The molecule has 5 aliphatic rings. The number of fused-ring (bicyclic) bond motifs is 3. The van der Waals surface area contributed by atoms with Crippen molar-refractivity contribution in [2.45, 2.75) is 55.5 Å². The summed E-state index contributed by atoms with van der Waals surface area (Å²) >= 11 is 0. The number of benzene rings is 2. The van der Waals surface area contributed by atoms with Crippen LogP contribution in [0.5, 0.6) is 0 Å². The smallest absolute Gasteiger partial charge is 0.0350 e. The summed E-state index contributed by atoms with van der Waals surface area (Å²) in [5, 5.41) is 0. The number of likely N-dealkylation sites (tertiary alicyclic amines) is 1. The lowest BCUT2D eigenvalue weighted by Crippen LogP contribution is -2.71. The van der Waals surface area contributed by atoms with Gasteiger partial charge in [0.1, 0.15) is 0 Å². The van der Waals surface area contributed by atoms with E-state index in [1.807, 2.05) is 0 Å². The van der Waals surface area contributed by atoms with Crippen LogP contribution in [-0.2, 0) is 0 Å². The van der Waals surface area contributed by atoms with Crippen molar-refractivity contribution in [1.82, 2.24) is 19.6 Å². The predicted molar refractivity (Wildman–Crippen MR) is 145 cm³/mol. The van der Waals surface area contributed by atoms with Gasteiger partial charge in [-0.05, 0) is 76.5 Å². The van der Waals surface area contributed by atoms with E-state index < -0.39 is 0 Å². The lowest BCUT2D eigenvalue weighted by molar-refractivity contribution is -0.0970. The van der Waals surface area contributed by atoms with Crippen molar-refractivity contribution in [3.8, 4) is 0 Å². The number of hydrogen-bond acceptors (Lipinski definition) is 4. The minimum atomic E-state index is 0.282. The molecule has 35 heavy (non-hydrogen) atoms. The van der Waals surface area contributed by atoms with Gasteiger partial charge in [-0.1, -0.05) is 60.7 Å². The Morgan fingerprint density at radius 2 is 1.29 bits per heavy atom. The van der Waals surface area contributed by atoms with Gasteiger partial charge in [-0.25, -0.2) is 0 Å². The van der Waals surface area contributed by atoms with Crippen LogP contribution in [0.3, 0.4) is 0 Å². The van der Waals surface area contributed by atoms with Gasteiger partial charge in [0, 0.05) is 56.1 Å². The van der Waals surface area contributed by atoms with Crippen LogP contribution in [0.2, 0.25) is 0 Å². The van der Waals surface area contributed by atoms with E-state index in [0.29, 0.717) is 17.9 Å². The molecule has 4 heterocycles. The highest BCUT2D eigenvalue weighted by Crippen LogP contribution is 2.55. The summed E-state index contributed by atoms with van der Waals surface area (Å²) in [6.07, 6.45) is 6.73. The molecule has 4 heteroatoms. The summed E-state index contributed by atoms with van der Waals surface area (Å²) in [6.45, 7) is 11.2. The van der Waals surface area contributed by atoms with Gasteiger partial charge in [0.2, 0.25) is 0 Å². The number of nitrogens with zero attached hydrogens (tertiary/aromatic N) is 4. The van der Waals surface area contributed by atoms with E-state index in [-0.39, 0.29) is 5.54 Å². The molecule has 4 saturated heterocycles. The second-order valence-electron chi connectivity index (χ2n) is 11.8. The first-order chi connectivity index (χ1) is 17.2. The van der Waals surface area contributed by atoms with Gasteiger partial charge in [-0.3, -0.25) is 9.80 Å². The summed E-state index contributed by atoms with van der Waals surface area (Å²) in [7, 11) is 2.29. The van der Waals surface area contributed by atoms with E-state index in [1.54, 1.807) is 11.1 Å². The largest absolute Gasteiger partial charge is 0.304 e. The van der Waals surface area contributed by atoms with Crippen LogP contribution in [0.4, 0.5) is 0 Å². The molecule has 0 spiro atoms. The van der Waals surface area contributed by atoms with Crippen molar-refractivity contribution < 1.29 is 0 Å². The average molecular weight is 473 g/mol. The molecule has 1 saturated carbocycles. The fraction of sp³-hybridized carbons (Fsp3) is 0.613. The van der Waals surface area contributed by atoms with Gasteiger partial charge in [0.05, 0.1) is 0 Å². The van der Waals surface area contributed by atoms with Gasteiger partial charge in [-0.15, -0.1) is 0 Å². The maximum Gasteiger partial charge on any atom is 0.0350 e. The first-order valence-electron chi connectivity index (χ1n) is 14.2. The molecule has 2 aromatic carbocycles. The molecule has 0 N–H and O–H groups in total. The Labute approximate surface area is 212 Å². The zero-order chi connectivity index (χ0) is 23.7. The molecule has 2 atom stereocenters. The summed E-state index contributed by atoms with van der Waals surface area (Å²) in [5.41, 5.74) is 3.40. The van der Waals surface area contributed by atoms with E-state index in [4.69, 9.17) is 0 Å². The lowest BCUT2D eigenvalue weighted by Gasteiger charge is -2.64. The lowest BCUT2D eigenvalue weighted by atomic mass is 9.59. The Balaban J connectivity index is 1.34. The highest BCUT2D eigenvalue weighted by molar-refractivity contribution is 5.34. The standard InChI is InChI=1S/C31H44N4/c1-32-19-21-35(22-20-32)31-23-28(26-11-4-2-5-12-26)30(29(24-31)27-13-6-3-7-14-27)34(25-31)18-10-17-33-15-8-9-16-33/h2-7,11-14,28-30H,8-10,15-25H2,1H3. The zero-order valence-electron chi connectivity index (χ0n) is 21.7. The topological polar surface area (TPSA) is 13.0 Å². The van der Waals surface area contributed by atoms with Crippen LogP contribution in [-0.4, -0.2) is 97.1 Å². The highest BCUT2D eigenvalue weighted by atomic mass is 15.3. The second kappa shape index (κ2) is 10.3. The van der Waals surface area contributed by atoms with Crippen LogP contribution in [0.15, 0.2) is 60.7 Å². The molecule has 0 aromatic heterocycles. The molecular weight excluding hydrogens is 428 g/mol. The van der Waals surface area contributed by atoms with Crippen molar-refractivity contribution in [3.63, 3.8) is 0 Å². The van der Waals surface area contributed by atoms with Gasteiger partial charge in [-0.2, -0.15) is 0 Å². The van der Waals surface area contributed by atoms with Crippen LogP contribution < -0.4 is 0 Å². The molecule has 0 radical (unpaired) electrons. The minimum absolute atomic E-state index is 0.282. The summed E-state index contributed by atoms with van der Waals surface area (Å²) in [6, 6.07) is 23.7. The van der Waals surface area contributed by atoms with E-state index in [2.05, 4.69) is 87.3 Å². The van der Waals surface area contributed by atoms with Crippen molar-refractivity contribution in [3.05, 3.63) is 71.8 Å². The van der Waals surface area contributed by atoms with E-state index in [9.17, 15) is 0 Å². The molecule has 0 amide bonds. The SMILES string of the molecule is CN1CCN(C23CC(c4ccccc4)C(C(c4ccccc4)C2)N(CCCN2CCCC2)C3)CC1. The number of piperazine rings is 1. The third kappa shape index (κ3) is 4.83. The van der Waals surface area contributed by atoms with Gasteiger partial charge in [0.25, 0.3) is 0 Å². The number of piperidine rings is 2. The minimum Gasteiger partial charge on any atom is -0.304 e. The third-order valence-corrected chi connectivity index (χ3v) is 9.69. The third-order valence-electron chi connectivity index (χ3n) is 9.69. The average Bonchev–Trinajstić information content (AvgIpc) is 3.43. The van der Waals surface area contributed by atoms with Gasteiger partial charge < -0.3 is 9.80 Å². The summed E-state index contributed by atoms with van der Waals surface area (Å²) < 4.78 is 0. The fourth-order valence-corrected chi connectivity index (χ4v) is 7.95. The van der Waals surface area contributed by atoms with Gasteiger partial charge in [0.15, 0.2) is 0 Å². The predicted octanol–water partition coefficient (Wildman–Crippen LogP) is 4.50. The molecule has 4 nitrogen and oxygen atoms in total. The normalized spacial score (nSPS) is 32.9. The monoisotopic (exact) mass is 472 g/mol. The van der Waals surface area contributed by atoms with Crippen molar-refractivity contribution >= 4 is 0 Å². The van der Waals surface area contributed by atoms with Gasteiger partial charge >= 0.3 is 0 Å². The molecule has 2 aromatic rings. The number of rotatable bonds is 7. The quantitative estimate of drug-likeness (QED) is 0.588. The molecule has 5 fully saturated rings. The first-order valence-corrected chi connectivity index (χ1v) is 14.2. The molecule has 2 unspecified atom stereocenters. The summed E-state index contributed by atoms with van der Waals surface area (Å²) in [4.78, 5) is 11.1. The fourth-order valence-electron chi connectivity index (χ4n) is 7.95.